The predicted octanol–water partition coefficient (Wildman–Crippen LogP) is 4.41. The van der Waals surface area contributed by atoms with Crippen LogP contribution in [0.3, 0.4) is 0 Å². The van der Waals surface area contributed by atoms with Crippen LogP contribution in [0.1, 0.15) is 22.8 Å². The molecule has 4 aromatic rings. The zero-order valence-corrected chi connectivity index (χ0v) is 22.9. The summed E-state index contributed by atoms with van der Waals surface area (Å²) >= 11 is 0. The second-order valence-corrected chi connectivity index (χ2v) is 9.89. The largest absolute Gasteiger partial charge is 0.477 e. The number of benzene rings is 3. The molecular formula is C30H29FN6O5. The van der Waals surface area contributed by atoms with Gasteiger partial charge in [0.1, 0.15) is 11.4 Å². The Morgan fingerprint density at radius 2 is 1.76 bits per heavy atom. The summed E-state index contributed by atoms with van der Waals surface area (Å²) in [6, 6.07) is 18.4. The molecule has 0 unspecified atom stereocenters. The van der Waals surface area contributed by atoms with Gasteiger partial charge < -0.3 is 14.6 Å². The maximum Gasteiger partial charge on any atom is 0.341 e. The number of aromatic carboxylic acids is 1. The van der Waals surface area contributed by atoms with Crippen molar-refractivity contribution in [3.63, 3.8) is 0 Å². The van der Waals surface area contributed by atoms with Crippen molar-refractivity contribution in [3.05, 3.63) is 110 Å². The molecule has 2 heterocycles. The van der Waals surface area contributed by atoms with Crippen LogP contribution < -0.4 is 15.8 Å². The molecule has 1 saturated heterocycles. The van der Waals surface area contributed by atoms with E-state index in [1.54, 1.807) is 22.8 Å². The number of carbonyl (C=O) groups is 1. The molecule has 1 aromatic heterocycles. The number of nitrogens with one attached hydrogen (secondary N) is 1. The van der Waals surface area contributed by atoms with E-state index in [2.05, 4.69) is 15.4 Å². The minimum Gasteiger partial charge on any atom is -0.477 e. The van der Waals surface area contributed by atoms with Crippen molar-refractivity contribution in [1.29, 1.82) is 0 Å². The number of aromatic nitrogens is 1. The summed E-state index contributed by atoms with van der Waals surface area (Å²) < 4.78 is 17.0. The first-order valence-corrected chi connectivity index (χ1v) is 13.4. The number of nitro groups is 1. The van der Waals surface area contributed by atoms with Crippen LogP contribution in [-0.2, 0) is 6.54 Å². The fourth-order valence-electron chi connectivity index (χ4n) is 5.03. The Balaban J connectivity index is 1.36. The van der Waals surface area contributed by atoms with Gasteiger partial charge in [-0.25, -0.2) is 9.18 Å². The number of piperazine rings is 1. The Kier molecular flexibility index (Phi) is 8.25. The molecule has 1 aliphatic rings. The summed E-state index contributed by atoms with van der Waals surface area (Å²) in [4.78, 5) is 39.0. The second-order valence-electron chi connectivity index (χ2n) is 9.89. The highest BCUT2D eigenvalue weighted by molar-refractivity contribution is 6.02. The van der Waals surface area contributed by atoms with Crippen molar-refractivity contribution < 1.29 is 19.2 Å². The van der Waals surface area contributed by atoms with Crippen molar-refractivity contribution in [2.45, 2.75) is 13.5 Å². The van der Waals surface area contributed by atoms with Crippen LogP contribution in [0, 0.1) is 15.9 Å². The quantitative estimate of drug-likeness (QED) is 0.171. The smallest absolute Gasteiger partial charge is 0.341 e. The molecule has 0 bridgehead atoms. The molecule has 1 aliphatic heterocycles. The SMILES string of the molecule is CCn1cc(C(=O)O)c(=O)c2cc(F)c(N3CCN(C/C(=N\Nc4ccccc4)c4ccc([N+](=O)[O-])cc4)CC3)cc21. The summed E-state index contributed by atoms with van der Waals surface area (Å²) in [5.74, 6) is -1.93. The summed E-state index contributed by atoms with van der Waals surface area (Å²) in [7, 11) is 0. The van der Waals surface area contributed by atoms with Gasteiger partial charge in [-0.05, 0) is 48.9 Å². The van der Waals surface area contributed by atoms with E-state index in [4.69, 9.17) is 0 Å². The minimum atomic E-state index is -1.35. The van der Waals surface area contributed by atoms with E-state index in [-0.39, 0.29) is 11.1 Å². The van der Waals surface area contributed by atoms with E-state index < -0.39 is 27.7 Å². The number of hydrogen-bond acceptors (Lipinski definition) is 8. The molecule has 216 valence electrons. The van der Waals surface area contributed by atoms with Crippen LogP contribution in [0.25, 0.3) is 10.9 Å². The van der Waals surface area contributed by atoms with E-state index in [0.717, 1.165) is 17.3 Å². The van der Waals surface area contributed by atoms with E-state index in [9.17, 15) is 24.8 Å². The zero-order valence-electron chi connectivity index (χ0n) is 22.9. The maximum absolute atomic E-state index is 15.3. The normalized spacial score (nSPS) is 14.2. The number of anilines is 2. The molecule has 1 fully saturated rings. The molecule has 5 rings (SSSR count). The van der Waals surface area contributed by atoms with Gasteiger partial charge in [-0.1, -0.05) is 18.2 Å². The van der Waals surface area contributed by atoms with Crippen molar-refractivity contribution in [2.24, 2.45) is 5.10 Å². The van der Waals surface area contributed by atoms with E-state index in [1.165, 1.54) is 18.3 Å². The van der Waals surface area contributed by atoms with Gasteiger partial charge >= 0.3 is 5.97 Å². The van der Waals surface area contributed by atoms with Crippen LogP contribution in [0.4, 0.5) is 21.5 Å². The van der Waals surface area contributed by atoms with Gasteiger partial charge in [0.15, 0.2) is 0 Å². The summed E-state index contributed by atoms with van der Waals surface area (Å²) in [6.45, 7) is 4.89. The molecule has 0 spiro atoms. The highest BCUT2D eigenvalue weighted by atomic mass is 19.1. The minimum absolute atomic E-state index is 0.00665. The molecule has 0 atom stereocenters. The number of fused-ring (bicyclic) bond motifs is 1. The Bertz CT molecular complexity index is 1710. The number of aryl methyl sites for hydroxylation is 1. The molecule has 0 aliphatic carbocycles. The van der Waals surface area contributed by atoms with Crippen molar-refractivity contribution >= 4 is 39.6 Å². The Labute approximate surface area is 240 Å². The highest BCUT2D eigenvalue weighted by Crippen LogP contribution is 2.26. The number of carboxylic acid groups (broad SMARTS) is 1. The first-order chi connectivity index (χ1) is 20.2. The van der Waals surface area contributed by atoms with Crippen molar-refractivity contribution in [3.8, 4) is 0 Å². The first kappa shape index (κ1) is 28.4. The van der Waals surface area contributed by atoms with Gasteiger partial charge in [-0.15, -0.1) is 0 Å². The lowest BCUT2D eigenvalue weighted by Crippen LogP contribution is -2.48. The number of rotatable bonds is 9. The number of hydrogen-bond donors (Lipinski definition) is 2. The van der Waals surface area contributed by atoms with Crippen LogP contribution in [0.15, 0.2) is 82.8 Å². The van der Waals surface area contributed by atoms with Gasteiger partial charge in [-0.3, -0.25) is 25.2 Å². The van der Waals surface area contributed by atoms with E-state index in [0.29, 0.717) is 56.2 Å². The second kappa shape index (κ2) is 12.2. The molecule has 11 nitrogen and oxygen atoms in total. The standard InChI is InChI=1S/C30H29FN6O5/c1-2-35-18-24(30(39)40)29(38)23-16-25(31)28(17-27(23)35)36-14-12-34(13-15-36)19-26(33-32-21-6-4-3-5-7-21)20-8-10-22(11-9-20)37(41)42/h3-11,16-18,32H,2,12-15,19H2,1H3,(H,39,40)/b33-26+. The van der Waals surface area contributed by atoms with Gasteiger partial charge in [0.2, 0.25) is 5.43 Å². The predicted molar refractivity (Wildman–Crippen MR) is 159 cm³/mol. The number of pyridine rings is 1. The fraction of sp³-hybridized carbons (Fsp3) is 0.233. The number of halogens is 1. The molecule has 0 amide bonds. The van der Waals surface area contributed by atoms with E-state index in [1.807, 2.05) is 42.2 Å². The van der Waals surface area contributed by atoms with Crippen molar-refractivity contribution in [1.82, 2.24) is 9.47 Å². The van der Waals surface area contributed by atoms with Crippen LogP contribution in [0.5, 0.6) is 0 Å². The molecule has 3 aromatic carbocycles. The molecule has 0 saturated carbocycles. The molecular weight excluding hydrogens is 543 g/mol. The van der Waals surface area contributed by atoms with Crippen molar-refractivity contribution in [2.75, 3.05) is 43.0 Å². The average Bonchev–Trinajstić information content (AvgIpc) is 3.00. The number of non-ortho nitro benzene ring substituents is 1. The third-order valence-corrected chi connectivity index (χ3v) is 7.31. The zero-order chi connectivity index (χ0) is 29.8. The maximum atomic E-state index is 15.3. The molecule has 2 N–H and O–H groups in total. The van der Waals surface area contributed by atoms with Gasteiger partial charge in [-0.2, -0.15) is 5.10 Å². The number of para-hydroxylation sites is 1. The Hall–Kier alpha value is -5.10. The molecule has 0 radical (unpaired) electrons. The van der Waals surface area contributed by atoms with Gasteiger partial charge in [0.05, 0.1) is 27.5 Å². The lowest BCUT2D eigenvalue weighted by atomic mass is 10.1. The van der Waals surface area contributed by atoms with E-state index >= 15 is 4.39 Å². The molecule has 12 heteroatoms. The third-order valence-electron chi connectivity index (χ3n) is 7.31. The highest BCUT2D eigenvalue weighted by Gasteiger charge is 2.24. The number of nitrogens with zero attached hydrogens (tertiary/aromatic N) is 5. The third kappa shape index (κ3) is 5.98. The Morgan fingerprint density at radius 3 is 2.38 bits per heavy atom. The van der Waals surface area contributed by atoms with Crippen LogP contribution in [-0.4, -0.2) is 63.9 Å². The summed E-state index contributed by atoms with van der Waals surface area (Å²) in [5.41, 5.74) is 5.01. The average molecular weight is 573 g/mol. The number of nitro benzene ring substituents is 1. The molecule has 42 heavy (non-hydrogen) atoms. The fourth-order valence-corrected chi connectivity index (χ4v) is 5.03. The van der Waals surface area contributed by atoms with Crippen LogP contribution in [0.2, 0.25) is 0 Å². The van der Waals surface area contributed by atoms with Gasteiger partial charge in [0.25, 0.3) is 5.69 Å². The lowest BCUT2D eigenvalue weighted by molar-refractivity contribution is -0.384. The number of carboxylic acids is 1. The topological polar surface area (TPSA) is 133 Å². The number of hydrazone groups is 1. The monoisotopic (exact) mass is 572 g/mol. The first-order valence-electron chi connectivity index (χ1n) is 13.4. The summed E-state index contributed by atoms with van der Waals surface area (Å²) in [6.07, 6.45) is 1.30. The van der Waals surface area contributed by atoms with Gasteiger partial charge in [0, 0.05) is 63.0 Å². The van der Waals surface area contributed by atoms with Crippen LogP contribution >= 0.6 is 0 Å². The lowest BCUT2D eigenvalue weighted by Gasteiger charge is -2.36. The Morgan fingerprint density at radius 1 is 1.07 bits per heavy atom. The summed E-state index contributed by atoms with van der Waals surface area (Å²) in [5, 5.41) is 25.2.